The fourth-order valence-electron chi connectivity index (χ4n) is 1.48. The van der Waals surface area contributed by atoms with Crippen LogP contribution >= 0.6 is 0 Å². The van der Waals surface area contributed by atoms with E-state index in [9.17, 15) is 22.9 Å². The molecule has 0 saturated heterocycles. The number of nitro groups is 1. The van der Waals surface area contributed by atoms with E-state index in [1.165, 1.54) is 12.1 Å². The van der Waals surface area contributed by atoms with E-state index in [1.54, 1.807) is 0 Å². The van der Waals surface area contributed by atoms with Gasteiger partial charge >= 0.3 is 0 Å². The smallest absolute Gasteiger partial charge is 0.278 e. The van der Waals surface area contributed by atoms with Crippen molar-refractivity contribution in [1.29, 1.82) is 0 Å². The van der Waals surface area contributed by atoms with E-state index in [4.69, 9.17) is 0 Å². The molecule has 0 aliphatic carbocycles. The molecule has 0 spiro atoms. The molecule has 0 bridgehead atoms. The number of halogens is 1. The summed E-state index contributed by atoms with van der Waals surface area (Å²) in [5.74, 6) is -0.765. The van der Waals surface area contributed by atoms with Crippen LogP contribution < -0.4 is 4.72 Å². The number of pyridine rings is 1. The molecule has 0 atom stereocenters. The lowest BCUT2D eigenvalue weighted by molar-refractivity contribution is -0.387. The third-order valence-electron chi connectivity index (χ3n) is 2.33. The van der Waals surface area contributed by atoms with Crippen LogP contribution in [0.2, 0.25) is 0 Å². The highest BCUT2D eigenvalue weighted by Crippen LogP contribution is 2.24. The minimum Gasteiger partial charge on any atom is -0.278 e. The van der Waals surface area contributed by atoms with E-state index in [2.05, 4.69) is 9.71 Å². The van der Waals surface area contributed by atoms with Gasteiger partial charge in [0.25, 0.3) is 15.7 Å². The average Bonchev–Trinajstić information content (AvgIpc) is 2.41. The van der Waals surface area contributed by atoms with Crippen LogP contribution in [0.25, 0.3) is 0 Å². The van der Waals surface area contributed by atoms with Crippen molar-refractivity contribution in [3.05, 3.63) is 58.7 Å². The maximum absolute atomic E-state index is 12.6. The highest BCUT2D eigenvalue weighted by molar-refractivity contribution is 7.92. The van der Waals surface area contributed by atoms with Crippen LogP contribution in [0.4, 0.5) is 15.8 Å². The molecule has 0 amide bonds. The summed E-state index contributed by atoms with van der Waals surface area (Å²) in [5.41, 5.74) is -0.542. The van der Waals surface area contributed by atoms with E-state index < -0.39 is 31.5 Å². The number of para-hydroxylation sites is 1. The fraction of sp³-hybridized carbons (Fsp3) is 0. The first-order chi connectivity index (χ1) is 9.40. The second kappa shape index (κ2) is 5.21. The van der Waals surface area contributed by atoms with Gasteiger partial charge in [0.15, 0.2) is 4.90 Å². The zero-order valence-corrected chi connectivity index (χ0v) is 10.7. The van der Waals surface area contributed by atoms with Gasteiger partial charge in [0.1, 0.15) is 0 Å². The van der Waals surface area contributed by atoms with Crippen LogP contribution in [-0.2, 0) is 10.0 Å². The van der Waals surface area contributed by atoms with Crippen molar-refractivity contribution < 1.29 is 17.7 Å². The van der Waals surface area contributed by atoms with E-state index in [1.807, 2.05) is 0 Å². The van der Waals surface area contributed by atoms with Crippen molar-refractivity contribution in [2.75, 3.05) is 4.72 Å². The molecule has 7 nitrogen and oxygen atoms in total. The van der Waals surface area contributed by atoms with Gasteiger partial charge in [0.2, 0.25) is 5.95 Å². The number of sulfonamides is 1. The molecule has 20 heavy (non-hydrogen) atoms. The van der Waals surface area contributed by atoms with Crippen molar-refractivity contribution >= 4 is 21.4 Å². The zero-order valence-electron chi connectivity index (χ0n) is 9.86. The number of nitro benzene ring substituents is 1. The van der Waals surface area contributed by atoms with Crippen molar-refractivity contribution in [3.63, 3.8) is 0 Å². The minimum absolute atomic E-state index is 0.00421. The predicted molar refractivity (Wildman–Crippen MR) is 68.1 cm³/mol. The number of hydrogen-bond acceptors (Lipinski definition) is 5. The van der Waals surface area contributed by atoms with Crippen LogP contribution in [0, 0.1) is 16.1 Å². The minimum atomic E-state index is -4.16. The van der Waals surface area contributed by atoms with Gasteiger partial charge in [-0.05, 0) is 18.2 Å². The Balaban J connectivity index is 2.41. The highest BCUT2D eigenvalue weighted by atomic mass is 32.2. The third kappa shape index (κ3) is 2.88. The number of rotatable bonds is 4. The first-order valence-electron chi connectivity index (χ1n) is 5.28. The van der Waals surface area contributed by atoms with Crippen LogP contribution in [0.15, 0.2) is 47.5 Å². The molecule has 0 unspecified atom stereocenters. The summed E-state index contributed by atoms with van der Waals surface area (Å²) in [6.07, 6.45) is 0.974. The van der Waals surface area contributed by atoms with Gasteiger partial charge in [-0.3, -0.25) is 14.8 Å². The molecule has 1 aromatic heterocycles. The standard InChI is InChI=1S/C11H8FN3O4S/c12-11-6-5-8(7-13-11)14-20(18,19)10-4-2-1-3-9(10)15(16)17/h1-7,14H. The van der Waals surface area contributed by atoms with Crippen LogP contribution in [0.5, 0.6) is 0 Å². The molecule has 1 N–H and O–H groups in total. The van der Waals surface area contributed by atoms with Gasteiger partial charge in [0.05, 0.1) is 16.8 Å². The molecule has 104 valence electrons. The van der Waals surface area contributed by atoms with Crippen LogP contribution in [-0.4, -0.2) is 18.3 Å². The Morgan fingerprint density at radius 1 is 1.20 bits per heavy atom. The summed E-state index contributed by atoms with van der Waals surface area (Å²) >= 11 is 0. The monoisotopic (exact) mass is 297 g/mol. The first-order valence-corrected chi connectivity index (χ1v) is 6.76. The molecular weight excluding hydrogens is 289 g/mol. The maximum atomic E-state index is 12.6. The molecule has 1 heterocycles. The Morgan fingerprint density at radius 3 is 2.50 bits per heavy atom. The summed E-state index contributed by atoms with van der Waals surface area (Å²) in [7, 11) is -4.16. The summed E-state index contributed by atoms with van der Waals surface area (Å²) in [6, 6.07) is 7.04. The molecule has 0 fully saturated rings. The van der Waals surface area contributed by atoms with Gasteiger partial charge in [-0.2, -0.15) is 4.39 Å². The second-order valence-corrected chi connectivity index (χ2v) is 5.35. The molecule has 1 aromatic carbocycles. The van der Waals surface area contributed by atoms with E-state index in [0.717, 1.165) is 30.5 Å². The number of hydrogen-bond donors (Lipinski definition) is 1. The quantitative estimate of drug-likeness (QED) is 0.527. The van der Waals surface area contributed by atoms with Crippen molar-refractivity contribution in [1.82, 2.24) is 4.98 Å². The predicted octanol–water partition coefficient (Wildman–Crippen LogP) is 1.93. The Labute approximate surface area is 113 Å². The van der Waals surface area contributed by atoms with Crippen molar-refractivity contribution in [2.45, 2.75) is 4.90 Å². The SMILES string of the molecule is O=[N+]([O-])c1ccccc1S(=O)(=O)Nc1ccc(F)nc1. The molecule has 0 radical (unpaired) electrons. The number of aromatic nitrogens is 1. The molecule has 0 saturated carbocycles. The molecule has 0 aliphatic rings. The largest absolute Gasteiger partial charge is 0.289 e. The lowest BCUT2D eigenvalue weighted by Crippen LogP contribution is -2.14. The van der Waals surface area contributed by atoms with Crippen LogP contribution in [0.3, 0.4) is 0 Å². The average molecular weight is 297 g/mol. The molecule has 0 aliphatic heterocycles. The van der Waals surface area contributed by atoms with Gasteiger partial charge in [-0.1, -0.05) is 12.1 Å². The van der Waals surface area contributed by atoms with Crippen molar-refractivity contribution in [3.8, 4) is 0 Å². The van der Waals surface area contributed by atoms with Gasteiger partial charge < -0.3 is 0 Å². The van der Waals surface area contributed by atoms with Crippen molar-refractivity contribution in [2.24, 2.45) is 0 Å². The number of nitrogens with zero attached hydrogens (tertiary/aromatic N) is 2. The maximum Gasteiger partial charge on any atom is 0.289 e. The first kappa shape index (κ1) is 13.9. The van der Waals surface area contributed by atoms with Gasteiger partial charge in [-0.25, -0.2) is 13.4 Å². The molecule has 9 heteroatoms. The lowest BCUT2D eigenvalue weighted by atomic mass is 10.3. The summed E-state index contributed by atoms with van der Waals surface area (Å²) in [6.45, 7) is 0. The summed E-state index contributed by atoms with van der Waals surface area (Å²) in [5, 5.41) is 10.8. The van der Waals surface area contributed by atoms with Gasteiger partial charge in [-0.15, -0.1) is 0 Å². The zero-order chi connectivity index (χ0) is 14.8. The Morgan fingerprint density at radius 2 is 1.90 bits per heavy atom. The Hall–Kier alpha value is -2.55. The van der Waals surface area contributed by atoms with E-state index in [0.29, 0.717) is 0 Å². The molecule has 2 rings (SSSR count). The molecular formula is C11H8FN3O4S. The topological polar surface area (TPSA) is 102 Å². The fourth-order valence-corrected chi connectivity index (χ4v) is 2.70. The molecule has 2 aromatic rings. The van der Waals surface area contributed by atoms with E-state index in [-0.39, 0.29) is 5.69 Å². The third-order valence-corrected chi connectivity index (χ3v) is 3.76. The Kier molecular flexibility index (Phi) is 3.61. The number of benzene rings is 1. The lowest BCUT2D eigenvalue weighted by Gasteiger charge is -2.07. The summed E-state index contributed by atoms with van der Waals surface area (Å²) in [4.78, 5) is 12.8. The van der Waals surface area contributed by atoms with Crippen LogP contribution in [0.1, 0.15) is 0 Å². The summed E-state index contributed by atoms with van der Waals surface area (Å²) < 4.78 is 38.9. The Bertz CT molecular complexity index is 747. The second-order valence-electron chi connectivity index (χ2n) is 3.70. The number of anilines is 1. The van der Waals surface area contributed by atoms with Gasteiger partial charge in [0, 0.05) is 6.07 Å². The van der Waals surface area contributed by atoms with E-state index >= 15 is 0 Å². The highest BCUT2D eigenvalue weighted by Gasteiger charge is 2.25. The normalized spacial score (nSPS) is 11.1. The number of nitrogens with one attached hydrogen (secondary N) is 1.